The first-order valence-electron chi connectivity index (χ1n) is 6.55. The van der Waals surface area contributed by atoms with Crippen molar-refractivity contribution in [3.63, 3.8) is 0 Å². The number of carbonyl (C=O) groups excluding carboxylic acids is 1. The fraction of sp³-hybridized carbons (Fsp3) is 0.533. The van der Waals surface area contributed by atoms with Crippen LogP contribution in [-0.4, -0.2) is 25.6 Å². The van der Waals surface area contributed by atoms with E-state index >= 15 is 0 Å². The molecule has 1 aromatic rings. The van der Waals surface area contributed by atoms with E-state index in [1.807, 2.05) is 19.1 Å². The molecule has 1 amide bonds. The largest absolute Gasteiger partial charge is 0.483 e. The predicted molar refractivity (Wildman–Crippen MR) is 77.4 cm³/mol. The third-order valence-corrected chi connectivity index (χ3v) is 2.77. The van der Waals surface area contributed by atoms with Gasteiger partial charge in [0.05, 0.1) is 0 Å². The minimum Gasteiger partial charge on any atom is -0.483 e. The SMILES string of the molecule is Cc1ccc(OCC(=O)NCCN)c(C(C)(C)C)c1. The van der Waals surface area contributed by atoms with Gasteiger partial charge in [-0.2, -0.15) is 0 Å². The smallest absolute Gasteiger partial charge is 0.257 e. The second-order valence-electron chi connectivity index (χ2n) is 5.68. The van der Waals surface area contributed by atoms with E-state index < -0.39 is 0 Å². The molecular weight excluding hydrogens is 240 g/mol. The Hall–Kier alpha value is -1.55. The number of nitrogens with two attached hydrogens (primary N) is 1. The molecule has 0 aliphatic carbocycles. The average molecular weight is 264 g/mol. The Morgan fingerprint density at radius 1 is 1.37 bits per heavy atom. The highest BCUT2D eigenvalue weighted by Crippen LogP contribution is 2.32. The molecule has 0 atom stereocenters. The topological polar surface area (TPSA) is 64.3 Å². The lowest BCUT2D eigenvalue weighted by atomic mass is 9.85. The number of benzene rings is 1. The summed E-state index contributed by atoms with van der Waals surface area (Å²) in [4.78, 5) is 11.5. The Labute approximate surface area is 115 Å². The Kier molecular flexibility index (Phi) is 5.36. The van der Waals surface area contributed by atoms with Gasteiger partial charge in [-0.25, -0.2) is 0 Å². The zero-order chi connectivity index (χ0) is 14.5. The second kappa shape index (κ2) is 6.57. The van der Waals surface area contributed by atoms with Crippen molar-refractivity contribution >= 4 is 5.91 Å². The fourth-order valence-electron chi connectivity index (χ4n) is 1.76. The van der Waals surface area contributed by atoms with Crippen molar-refractivity contribution < 1.29 is 9.53 Å². The minimum absolute atomic E-state index is 0.0188. The standard InChI is InChI=1S/C15H24N2O2/c1-11-5-6-13(12(9-11)15(2,3)4)19-10-14(18)17-8-7-16/h5-6,9H,7-8,10,16H2,1-4H3,(H,17,18). The van der Waals surface area contributed by atoms with E-state index in [1.54, 1.807) is 0 Å². The van der Waals surface area contributed by atoms with E-state index in [0.717, 1.165) is 11.3 Å². The fourth-order valence-corrected chi connectivity index (χ4v) is 1.76. The lowest BCUT2D eigenvalue weighted by Crippen LogP contribution is -2.33. The summed E-state index contributed by atoms with van der Waals surface area (Å²) in [7, 11) is 0. The predicted octanol–water partition coefficient (Wildman–Crippen LogP) is 1.75. The van der Waals surface area contributed by atoms with Crippen molar-refractivity contribution in [1.82, 2.24) is 5.32 Å². The number of nitrogens with one attached hydrogen (secondary N) is 1. The molecule has 0 aromatic heterocycles. The number of amides is 1. The van der Waals surface area contributed by atoms with Gasteiger partial charge in [0.1, 0.15) is 5.75 Å². The van der Waals surface area contributed by atoms with Crippen LogP contribution in [-0.2, 0) is 10.2 Å². The quantitative estimate of drug-likeness (QED) is 0.851. The Morgan fingerprint density at radius 3 is 2.63 bits per heavy atom. The van der Waals surface area contributed by atoms with Crippen LogP contribution in [0.1, 0.15) is 31.9 Å². The van der Waals surface area contributed by atoms with Gasteiger partial charge in [-0.15, -0.1) is 0 Å². The summed E-state index contributed by atoms with van der Waals surface area (Å²) in [6, 6.07) is 6.02. The molecule has 1 aromatic carbocycles. The summed E-state index contributed by atoms with van der Waals surface area (Å²) in [6.45, 7) is 9.36. The van der Waals surface area contributed by atoms with E-state index in [0.29, 0.717) is 13.1 Å². The van der Waals surface area contributed by atoms with Gasteiger partial charge >= 0.3 is 0 Å². The molecule has 0 saturated carbocycles. The van der Waals surface area contributed by atoms with Crippen molar-refractivity contribution in [2.75, 3.05) is 19.7 Å². The molecule has 4 nitrogen and oxygen atoms in total. The van der Waals surface area contributed by atoms with Crippen LogP contribution in [0.15, 0.2) is 18.2 Å². The summed E-state index contributed by atoms with van der Waals surface area (Å²) in [5.74, 6) is 0.617. The minimum atomic E-state index is -0.147. The molecule has 0 spiro atoms. The molecule has 1 rings (SSSR count). The molecule has 3 N–H and O–H groups in total. The van der Waals surface area contributed by atoms with Crippen LogP contribution < -0.4 is 15.8 Å². The van der Waals surface area contributed by atoms with Crippen LogP contribution in [0.4, 0.5) is 0 Å². The normalized spacial score (nSPS) is 11.2. The zero-order valence-electron chi connectivity index (χ0n) is 12.2. The molecule has 0 aliphatic rings. The second-order valence-corrected chi connectivity index (χ2v) is 5.68. The van der Waals surface area contributed by atoms with Crippen molar-refractivity contribution in [3.05, 3.63) is 29.3 Å². The van der Waals surface area contributed by atoms with Gasteiger partial charge < -0.3 is 15.8 Å². The van der Waals surface area contributed by atoms with Crippen molar-refractivity contribution in [2.45, 2.75) is 33.1 Å². The first kappa shape index (κ1) is 15.5. The molecule has 4 heteroatoms. The van der Waals surface area contributed by atoms with E-state index in [4.69, 9.17) is 10.5 Å². The van der Waals surface area contributed by atoms with E-state index in [9.17, 15) is 4.79 Å². The molecule has 0 bridgehead atoms. The molecule has 106 valence electrons. The van der Waals surface area contributed by atoms with Gasteiger partial charge in [-0.3, -0.25) is 4.79 Å². The van der Waals surface area contributed by atoms with Crippen LogP contribution in [0.5, 0.6) is 5.75 Å². The molecule has 0 aliphatic heterocycles. The van der Waals surface area contributed by atoms with Crippen LogP contribution in [0.25, 0.3) is 0 Å². The van der Waals surface area contributed by atoms with E-state index in [1.165, 1.54) is 5.56 Å². The van der Waals surface area contributed by atoms with Gasteiger partial charge in [0.15, 0.2) is 6.61 Å². The number of rotatable bonds is 5. The Morgan fingerprint density at radius 2 is 2.05 bits per heavy atom. The maximum absolute atomic E-state index is 11.5. The van der Waals surface area contributed by atoms with E-state index in [-0.39, 0.29) is 17.9 Å². The van der Waals surface area contributed by atoms with Crippen LogP contribution in [0, 0.1) is 6.92 Å². The first-order valence-corrected chi connectivity index (χ1v) is 6.55. The van der Waals surface area contributed by atoms with E-state index in [2.05, 4.69) is 32.2 Å². The monoisotopic (exact) mass is 264 g/mol. The summed E-state index contributed by atoms with van der Waals surface area (Å²) in [5.41, 5.74) is 7.60. The number of ether oxygens (including phenoxy) is 1. The average Bonchev–Trinajstić information content (AvgIpc) is 2.33. The zero-order valence-corrected chi connectivity index (χ0v) is 12.2. The number of aryl methyl sites for hydroxylation is 1. The van der Waals surface area contributed by atoms with Crippen molar-refractivity contribution in [3.8, 4) is 5.75 Å². The third-order valence-electron chi connectivity index (χ3n) is 2.77. The highest BCUT2D eigenvalue weighted by atomic mass is 16.5. The number of hydrogen-bond donors (Lipinski definition) is 2. The number of hydrogen-bond acceptors (Lipinski definition) is 3. The Balaban J connectivity index is 2.76. The lowest BCUT2D eigenvalue weighted by molar-refractivity contribution is -0.123. The van der Waals surface area contributed by atoms with Gasteiger partial charge in [0, 0.05) is 13.1 Å². The summed E-state index contributed by atoms with van der Waals surface area (Å²) in [5, 5.41) is 2.68. The lowest BCUT2D eigenvalue weighted by Gasteiger charge is -2.23. The van der Waals surface area contributed by atoms with Crippen LogP contribution >= 0.6 is 0 Å². The van der Waals surface area contributed by atoms with Gasteiger partial charge in [-0.1, -0.05) is 38.5 Å². The maximum Gasteiger partial charge on any atom is 0.257 e. The van der Waals surface area contributed by atoms with Crippen LogP contribution in [0.2, 0.25) is 0 Å². The van der Waals surface area contributed by atoms with Crippen molar-refractivity contribution in [1.29, 1.82) is 0 Å². The maximum atomic E-state index is 11.5. The Bertz CT molecular complexity index is 436. The van der Waals surface area contributed by atoms with Gasteiger partial charge in [0.25, 0.3) is 5.91 Å². The van der Waals surface area contributed by atoms with Gasteiger partial charge in [-0.05, 0) is 24.0 Å². The van der Waals surface area contributed by atoms with Crippen LogP contribution in [0.3, 0.4) is 0 Å². The van der Waals surface area contributed by atoms with Crippen molar-refractivity contribution in [2.24, 2.45) is 5.73 Å². The molecular formula is C15H24N2O2. The highest BCUT2D eigenvalue weighted by molar-refractivity contribution is 5.77. The summed E-state index contributed by atoms with van der Waals surface area (Å²) >= 11 is 0. The molecule has 0 unspecified atom stereocenters. The third kappa shape index (κ3) is 4.91. The molecule has 0 radical (unpaired) electrons. The highest BCUT2D eigenvalue weighted by Gasteiger charge is 2.19. The molecule has 0 saturated heterocycles. The molecule has 19 heavy (non-hydrogen) atoms. The van der Waals surface area contributed by atoms with Gasteiger partial charge in [0.2, 0.25) is 0 Å². The summed E-state index contributed by atoms with van der Waals surface area (Å²) < 4.78 is 5.62. The summed E-state index contributed by atoms with van der Waals surface area (Å²) in [6.07, 6.45) is 0. The molecule has 0 fully saturated rings. The first-order chi connectivity index (χ1) is 8.84. The number of carbonyl (C=O) groups is 1. The molecule has 0 heterocycles.